The molecular formula is C10H10F2INO2. The minimum absolute atomic E-state index is 0.0504. The van der Waals surface area contributed by atoms with Crippen molar-refractivity contribution in [2.45, 2.75) is 19.8 Å². The zero-order valence-electron chi connectivity index (χ0n) is 8.76. The number of halogens is 3. The Labute approximate surface area is 105 Å². The van der Waals surface area contributed by atoms with E-state index in [2.05, 4.69) is 9.72 Å². The number of hydrogen-bond acceptors (Lipinski definition) is 3. The van der Waals surface area contributed by atoms with Crippen molar-refractivity contribution in [3.05, 3.63) is 26.6 Å². The molecule has 3 nitrogen and oxygen atoms in total. The number of esters is 1. The number of aryl methyl sites for hydroxylation is 1. The van der Waals surface area contributed by atoms with Crippen molar-refractivity contribution in [2.24, 2.45) is 0 Å². The Morgan fingerprint density at radius 1 is 1.62 bits per heavy atom. The molecule has 16 heavy (non-hydrogen) atoms. The molecule has 0 fully saturated rings. The number of hydrogen-bond donors (Lipinski definition) is 0. The van der Waals surface area contributed by atoms with Crippen LogP contribution in [-0.4, -0.2) is 18.1 Å². The first kappa shape index (κ1) is 13.3. The second-order valence-electron chi connectivity index (χ2n) is 3.15. The first-order valence-corrected chi connectivity index (χ1v) is 5.54. The lowest BCUT2D eigenvalue weighted by molar-refractivity contribution is -0.139. The third-order valence-electron chi connectivity index (χ3n) is 2.07. The maximum absolute atomic E-state index is 12.5. The molecule has 0 aliphatic rings. The first-order chi connectivity index (χ1) is 7.45. The largest absolute Gasteiger partial charge is 0.469 e. The number of ether oxygens (including phenoxy) is 1. The van der Waals surface area contributed by atoms with E-state index in [-0.39, 0.29) is 12.1 Å². The summed E-state index contributed by atoms with van der Waals surface area (Å²) in [5.41, 5.74) is 0.800. The molecule has 0 saturated heterocycles. The van der Waals surface area contributed by atoms with Crippen LogP contribution < -0.4 is 0 Å². The molecule has 1 aromatic rings. The number of carbonyl (C=O) groups excluding carboxylic acids is 1. The van der Waals surface area contributed by atoms with Crippen molar-refractivity contribution in [1.29, 1.82) is 0 Å². The van der Waals surface area contributed by atoms with Crippen molar-refractivity contribution in [3.63, 3.8) is 0 Å². The predicted octanol–water partition coefficient (Wildman–Crippen LogP) is 2.65. The third kappa shape index (κ3) is 3.10. The van der Waals surface area contributed by atoms with Crippen LogP contribution in [0.3, 0.4) is 0 Å². The lowest BCUT2D eigenvalue weighted by Gasteiger charge is -2.08. The normalized spacial score (nSPS) is 10.6. The van der Waals surface area contributed by atoms with Gasteiger partial charge in [0.05, 0.1) is 13.5 Å². The van der Waals surface area contributed by atoms with E-state index in [0.717, 1.165) is 0 Å². The fourth-order valence-corrected chi connectivity index (χ4v) is 1.93. The van der Waals surface area contributed by atoms with Gasteiger partial charge in [-0.3, -0.25) is 9.78 Å². The van der Waals surface area contributed by atoms with E-state index in [4.69, 9.17) is 0 Å². The van der Waals surface area contributed by atoms with Gasteiger partial charge in [-0.1, -0.05) is 0 Å². The third-order valence-corrected chi connectivity index (χ3v) is 2.93. The number of alkyl halides is 2. The van der Waals surface area contributed by atoms with Gasteiger partial charge in [-0.25, -0.2) is 8.78 Å². The molecule has 0 aromatic carbocycles. The van der Waals surface area contributed by atoms with Crippen LogP contribution in [0.5, 0.6) is 0 Å². The van der Waals surface area contributed by atoms with Crippen LogP contribution in [0.4, 0.5) is 8.78 Å². The molecule has 6 heteroatoms. The Morgan fingerprint density at radius 3 is 2.75 bits per heavy atom. The molecule has 0 saturated carbocycles. The lowest BCUT2D eigenvalue weighted by atomic mass is 10.1. The molecule has 0 N–H and O–H groups in total. The number of methoxy groups -OCH3 is 1. The topological polar surface area (TPSA) is 39.2 Å². The molecule has 0 spiro atoms. The highest BCUT2D eigenvalue weighted by atomic mass is 127. The minimum Gasteiger partial charge on any atom is -0.469 e. The van der Waals surface area contributed by atoms with E-state index in [1.165, 1.54) is 7.11 Å². The van der Waals surface area contributed by atoms with Crippen LogP contribution in [0.25, 0.3) is 0 Å². The van der Waals surface area contributed by atoms with Crippen molar-refractivity contribution in [2.75, 3.05) is 7.11 Å². The van der Waals surface area contributed by atoms with Crippen molar-refractivity contribution in [3.8, 4) is 0 Å². The Bertz CT molecular complexity index is 410. The van der Waals surface area contributed by atoms with Gasteiger partial charge in [0.1, 0.15) is 5.69 Å². The number of aromatic nitrogens is 1. The van der Waals surface area contributed by atoms with Crippen LogP contribution in [0.2, 0.25) is 0 Å². The zero-order valence-corrected chi connectivity index (χ0v) is 10.9. The Balaban J connectivity index is 3.05. The average molecular weight is 341 g/mol. The van der Waals surface area contributed by atoms with Gasteiger partial charge in [0.25, 0.3) is 6.43 Å². The van der Waals surface area contributed by atoms with E-state index >= 15 is 0 Å². The average Bonchev–Trinajstić information content (AvgIpc) is 2.22. The summed E-state index contributed by atoms with van der Waals surface area (Å²) in [6, 6.07) is 1.54. The zero-order chi connectivity index (χ0) is 12.3. The molecule has 0 amide bonds. The summed E-state index contributed by atoms with van der Waals surface area (Å²) in [5, 5.41) is 0. The highest BCUT2D eigenvalue weighted by Crippen LogP contribution is 2.24. The SMILES string of the molecule is COC(=O)Cc1cc(I)c(C(F)F)nc1C. The Hall–Kier alpha value is -0.790. The van der Waals surface area contributed by atoms with Gasteiger partial charge >= 0.3 is 5.97 Å². The van der Waals surface area contributed by atoms with Crippen molar-refractivity contribution >= 4 is 28.6 Å². The van der Waals surface area contributed by atoms with Gasteiger partial charge in [-0.2, -0.15) is 0 Å². The first-order valence-electron chi connectivity index (χ1n) is 4.46. The van der Waals surface area contributed by atoms with Crippen LogP contribution in [0.1, 0.15) is 23.4 Å². The summed E-state index contributed by atoms with van der Waals surface area (Å²) in [7, 11) is 1.28. The van der Waals surface area contributed by atoms with E-state index in [9.17, 15) is 13.6 Å². The second kappa shape index (κ2) is 5.51. The molecule has 0 unspecified atom stereocenters. The summed E-state index contributed by atoms with van der Waals surface area (Å²) >= 11 is 1.78. The van der Waals surface area contributed by atoms with Crippen molar-refractivity contribution in [1.82, 2.24) is 4.98 Å². The fraction of sp³-hybridized carbons (Fsp3) is 0.400. The van der Waals surface area contributed by atoms with E-state index < -0.39 is 12.4 Å². The summed E-state index contributed by atoms with van der Waals surface area (Å²) < 4.78 is 29.9. The van der Waals surface area contributed by atoms with Gasteiger partial charge in [-0.05, 0) is 41.1 Å². The monoisotopic (exact) mass is 341 g/mol. The number of carbonyl (C=O) groups is 1. The van der Waals surface area contributed by atoms with Gasteiger partial charge in [-0.15, -0.1) is 0 Å². The molecule has 88 valence electrons. The molecule has 0 aliphatic carbocycles. The molecular weight excluding hydrogens is 331 g/mol. The summed E-state index contributed by atoms with van der Waals surface area (Å²) in [5.74, 6) is -0.412. The number of pyridine rings is 1. The Morgan fingerprint density at radius 2 is 2.25 bits per heavy atom. The summed E-state index contributed by atoms with van der Waals surface area (Å²) in [4.78, 5) is 14.9. The van der Waals surface area contributed by atoms with Gasteiger partial charge < -0.3 is 4.74 Å². The smallest absolute Gasteiger partial charge is 0.310 e. The van der Waals surface area contributed by atoms with Crippen LogP contribution in [0, 0.1) is 10.5 Å². The van der Waals surface area contributed by atoms with Crippen LogP contribution in [-0.2, 0) is 16.0 Å². The van der Waals surface area contributed by atoms with E-state index in [0.29, 0.717) is 14.8 Å². The highest BCUT2D eigenvalue weighted by molar-refractivity contribution is 14.1. The van der Waals surface area contributed by atoms with Gasteiger partial charge in [0.15, 0.2) is 0 Å². The Kier molecular flexibility index (Phi) is 4.57. The molecule has 0 aliphatic heterocycles. The molecule has 1 rings (SSSR count). The molecule has 1 heterocycles. The fourth-order valence-electron chi connectivity index (χ4n) is 1.20. The van der Waals surface area contributed by atoms with Crippen LogP contribution in [0.15, 0.2) is 6.07 Å². The molecule has 0 bridgehead atoms. The molecule has 0 atom stereocenters. The molecule has 1 aromatic heterocycles. The predicted molar refractivity (Wildman–Crippen MR) is 62.4 cm³/mol. The maximum Gasteiger partial charge on any atom is 0.310 e. The van der Waals surface area contributed by atoms with Gasteiger partial charge in [0.2, 0.25) is 0 Å². The minimum atomic E-state index is -2.60. The van der Waals surface area contributed by atoms with Crippen LogP contribution >= 0.6 is 22.6 Å². The van der Waals surface area contributed by atoms with E-state index in [1.54, 1.807) is 35.6 Å². The number of nitrogens with zero attached hydrogens (tertiary/aromatic N) is 1. The molecule has 0 radical (unpaired) electrons. The maximum atomic E-state index is 12.5. The highest BCUT2D eigenvalue weighted by Gasteiger charge is 2.17. The van der Waals surface area contributed by atoms with E-state index in [1.807, 2.05) is 0 Å². The standard InChI is InChI=1S/C10H10F2INO2/c1-5-6(4-8(15)16-2)3-7(13)9(14-5)10(11)12/h3,10H,4H2,1-2H3. The summed E-state index contributed by atoms with van der Waals surface area (Å²) in [6.07, 6.45) is -2.55. The quantitative estimate of drug-likeness (QED) is 0.627. The van der Waals surface area contributed by atoms with Crippen molar-refractivity contribution < 1.29 is 18.3 Å². The number of rotatable bonds is 3. The van der Waals surface area contributed by atoms with Gasteiger partial charge in [0, 0.05) is 9.26 Å². The second-order valence-corrected chi connectivity index (χ2v) is 4.32. The summed E-state index contributed by atoms with van der Waals surface area (Å²) in [6.45, 7) is 1.60. The lowest BCUT2D eigenvalue weighted by Crippen LogP contribution is -2.09.